The van der Waals surface area contributed by atoms with Gasteiger partial charge in [-0.1, -0.05) is 6.07 Å². The van der Waals surface area contributed by atoms with Crippen molar-refractivity contribution < 1.29 is 14.1 Å². The molecule has 2 heterocycles. The van der Waals surface area contributed by atoms with E-state index in [0.717, 1.165) is 6.20 Å². The number of hydrogen-bond donors (Lipinski definition) is 0. The highest BCUT2D eigenvalue weighted by Crippen LogP contribution is 2.23. The lowest BCUT2D eigenvalue weighted by atomic mass is 10.2. The third kappa shape index (κ3) is 4.00. The van der Waals surface area contributed by atoms with Gasteiger partial charge in [0.25, 0.3) is 11.6 Å². The Hall–Kier alpha value is -3.54. The number of nitriles is 1. The van der Waals surface area contributed by atoms with Crippen molar-refractivity contribution in [3.63, 3.8) is 0 Å². The number of anilines is 1. The molecule has 27 heavy (non-hydrogen) atoms. The molecular weight excluding hydrogens is 353 g/mol. The highest BCUT2D eigenvalue weighted by atomic mass is 19.1. The Morgan fingerprint density at radius 2 is 2.07 bits per heavy atom. The molecule has 1 fully saturated rings. The molecule has 0 saturated carbocycles. The molecule has 1 aromatic carbocycles. The molecule has 2 aromatic rings. The van der Waals surface area contributed by atoms with Crippen LogP contribution in [0.25, 0.3) is 0 Å². The van der Waals surface area contributed by atoms with Gasteiger partial charge in [-0.3, -0.25) is 14.9 Å². The Labute approximate surface area is 154 Å². The molecule has 1 aliphatic heterocycles. The Morgan fingerprint density at radius 3 is 2.78 bits per heavy atom. The number of carbonyl (C=O) groups excluding carboxylic acids is 1. The number of rotatable bonds is 3. The van der Waals surface area contributed by atoms with Crippen molar-refractivity contribution >= 4 is 17.4 Å². The fraction of sp³-hybridized carbons (Fsp3) is 0.278. The molecule has 1 saturated heterocycles. The second-order valence-electron chi connectivity index (χ2n) is 6.08. The Balaban J connectivity index is 1.76. The van der Waals surface area contributed by atoms with Gasteiger partial charge in [0.15, 0.2) is 0 Å². The van der Waals surface area contributed by atoms with E-state index in [1.165, 1.54) is 24.3 Å². The molecule has 1 aliphatic rings. The van der Waals surface area contributed by atoms with E-state index in [4.69, 9.17) is 0 Å². The number of nitro groups is 1. The van der Waals surface area contributed by atoms with Crippen LogP contribution < -0.4 is 4.90 Å². The molecule has 0 atom stereocenters. The molecule has 0 unspecified atom stereocenters. The van der Waals surface area contributed by atoms with Gasteiger partial charge in [0.1, 0.15) is 29.5 Å². The van der Waals surface area contributed by atoms with Gasteiger partial charge >= 0.3 is 0 Å². The number of halogens is 1. The third-order valence-corrected chi connectivity index (χ3v) is 4.34. The summed E-state index contributed by atoms with van der Waals surface area (Å²) in [6.07, 6.45) is 1.75. The minimum Gasteiger partial charge on any atom is -0.354 e. The first-order chi connectivity index (χ1) is 13.0. The molecule has 138 valence electrons. The van der Waals surface area contributed by atoms with Crippen LogP contribution in [-0.2, 0) is 0 Å². The number of carbonyl (C=O) groups is 1. The third-order valence-electron chi connectivity index (χ3n) is 4.34. The minimum absolute atomic E-state index is 0.120. The zero-order valence-electron chi connectivity index (χ0n) is 14.3. The summed E-state index contributed by atoms with van der Waals surface area (Å²) in [5.41, 5.74) is 0.164. The molecule has 1 amide bonds. The van der Waals surface area contributed by atoms with E-state index < -0.39 is 10.7 Å². The van der Waals surface area contributed by atoms with Crippen molar-refractivity contribution in [1.29, 1.82) is 5.26 Å². The molecular formula is C18H16FN5O3. The summed E-state index contributed by atoms with van der Waals surface area (Å²) in [5, 5.41) is 20.2. The summed E-state index contributed by atoms with van der Waals surface area (Å²) in [7, 11) is 0. The van der Waals surface area contributed by atoms with Crippen molar-refractivity contribution in [3.05, 3.63) is 63.6 Å². The van der Waals surface area contributed by atoms with Crippen LogP contribution in [0.3, 0.4) is 0 Å². The smallest absolute Gasteiger partial charge is 0.289 e. The van der Waals surface area contributed by atoms with Crippen LogP contribution in [0.4, 0.5) is 15.9 Å². The monoisotopic (exact) mass is 369 g/mol. The van der Waals surface area contributed by atoms with Crippen molar-refractivity contribution in [2.75, 3.05) is 31.1 Å². The van der Waals surface area contributed by atoms with Crippen molar-refractivity contribution in [3.8, 4) is 6.07 Å². The zero-order chi connectivity index (χ0) is 19.4. The van der Waals surface area contributed by atoms with Crippen LogP contribution >= 0.6 is 0 Å². The molecule has 9 heteroatoms. The maximum absolute atomic E-state index is 13.4. The first-order valence-electron chi connectivity index (χ1n) is 8.34. The van der Waals surface area contributed by atoms with Crippen LogP contribution in [0.2, 0.25) is 0 Å². The molecule has 1 aromatic heterocycles. The normalized spacial score (nSPS) is 14.4. The highest BCUT2D eigenvalue weighted by molar-refractivity contribution is 5.94. The summed E-state index contributed by atoms with van der Waals surface area (Å²) in [4.78, 5) is 30.4. The molecule has 0 aliphatic carbocycles. The number of aromatic nitrogens is 1. The molecule has 0 N–H and O–H groups in total. The fourth-order valence-corrected chi connectivity index (χ4v) is 3.02. The van der Waals surface area contributed by atoms with E-state index in [-0.39, 0.29) is 22.7 Å². The summed E-state index contributed by atoms with van der Waals surface area (Å²) in [6, 6.07) is 8.69. The van der Waals surface area contributed by atoms with Crippen LogP contribution in [0.5, 0.6) is 0 Å². The summed E-state index contributed by atoms with van der Waals surface area (Å²) in [6.45, 7) is 1.83. The average Bonchev–Trinajstić information content (AvgIpc) is 2.93. The maximum atomic E-state index is 13.4. The number of pyridine rings is 1. The van der Waals surface area contributed by atoms with E-state index in [1.54, 1.807) is 11.0 Å². The Bertz CT molecular complexity index is 927. The predicted molar refractivity (Wildman–Crippen MR) is 94.7 cm³/mol. The lowest BCUT2D eigenvalue weighted by Crippen LogP contribution is -2.35. The molecule has 0 bridgehead atoms. The number of nitrogens with zero attached hydrogens (tertiary/aromatic N) is 5. The fourth-order valence-electron chi connectivity index (χ4n) is 3.02. The maximum Gasteiger partial charge on any atom is 0.289 e. The van der Waals surface area contributed by atoms with Crippen LogP contribution in [0, 0.1) is 27.3 Å². The average molecular weight is 369 g/mol. The van der Waals surface area contributed by atoms with E-state index >= 15 is 0 Å². The topological polar surface area (TPSA) is 103 Å². The Kier molecular flexibility index (Phi) is 5.26. The SMILES string of the molecule is N#Cc1cc([N+](=O)[O-])cnc1N1CCCN(C(=O)c2cccc(F)c2)CC1. The number of benzene rings is 1. The van der Waals surface area contributed by atoms with E-state index in [2.05, 4.69) is 4.98 Å². The van der Waals surface area contributed by atoms with Crippen molar-refractivity contribution in [2.45, 2.75) is 6.42 Å². The first-order valence-corrected chi connectivity index (χ1v) is 8.34. The van der Waals surface area contributed by atoms with Gasteiger partial charge in [0.05, 0.1) is 4.92 Å². The van der Waals surface area contributed by atoms with E-state index in [9.17, 15) is 24.6 Å². The standard InChI is InChI=1S/C18H16FN5O3/c19-15-4-1-3-13(9-15)18(25)23-6-2-5-22(7-8-23)17-14(11-20)10-16(12-21-17)24(26)27/h1,3-4,9-10,12H,2,5-8H2. The molecule has 3 rings (SSSR count). The minimum atomic E-state index is -0.598. The summed E-state index contributed by atoms with van der Waals surface area (Å²) >= 11 is 0. The van der Waals surface area contributed by atoms with Gasteiger partial charge in [-0.05, 0) is 24.6 Å². The van der Waals surface area contributed by atoms with Crippen LogP contribution in [0.1, 0.15) is 22.3 Å². The van der Waals surface area contributed by atoms with E-state index in [0.29, 0.717) is 38.4 Å². The van der Waals surface area contributed by atoms with E-state index in [1.807, 2.05) is 11.0 Å². The Morgan fingerprint density at radius 1 is 1.26 bits per heavy atom. The molecule has 0 spiro atoms. The quantitative estimate of drug-likeness (QED) is 0.608. The largest absolute Gasteiger partial charge is 0.354 e. The molecule has 0 radical (unpaired) electrons. The summed E-state index contributed by atoms with van der Waals surface area (Å²) < 4.78 is 13.4. The highest BCUT2D eigenvalue weighted by Gasteiger charge is 2.23. The van der Waals surface area contributed by atoms with Gasteiger partial charge in [0.2, 0.25) is 0 Å². The lowest BCUT2D eigenvalue weighted by molar-refractivity contribution is -0.385. The second kappa shape index (κ2) is 7.78. The second-order valence-corrected chi connectivity index (χ2v) is 6.08. The van der Waals surface area contributed by atoms with Gasteiger partial charge in [0, 0.05) is 37.8 Å². The van der Waals surface area contributed by atoms with Crippen molar-refractivity contribution in [2.24, 2.45) is 0 Å². The lowest BCUT2D eigenvalue weighted by Gasteiger charge is -2.23. The first kappa shape index (κ1) is 18.3. The van der Waals surface area contributed by atoms with Crippen LogP contribution in [-0.4, -0.2) is 46.9 Å². The molecule has 8 nitrogen and oxygen atoms in total. The van der Waals surface area contributed by atoms with Gasteiger partial charge in [-0.2, -0.15) is 5.26 Å². The van der Waals surface area contributed by atoms with Crippen molar-refractivity contribution in [1.82, 2.24) is 9.88 Å². The van der Waals surface area contributed by atoms with Crippen LogP contribution in [0.15, 0.2) is 36.5 Å². The van der Waals surface area contributed by atoms with Gasteiger partial charge in [-0.25, -0.2) is 9.37 Å². The number of amides is 1. The van der Waals surface area contributed by atoms with Gasteiger partial charge < -0.3 is 9.80 Å². The zero-order valence-corrected chi connectivity index (χ0v) is 14.3. The summed E-state index contributed by atoms with van der Waals surface area (Å²) in [5.74, 6) is -0.359. The predicted octanol–water partition coefficient (Wildman–Crippen LogP) is 2.35. The van der Waals surface area contributed by atoms with Gasteiger partial charge in [-0.15, -0.1) is 0 Å². The number of hydrogen-bond acceptors (Lipinski definition) is 6.